The first-order valence-electron chi connectivity index (χ1n) is 7.83. The van der Waals surface area contributed by atoms with Crippen LogP contribution in [0.2, 0.25) is 5.02 Å². The van der Waals surface area contributed by atoms with Gasteiger partial charge in [-0.05, 0) is 56.0 Å². The molecule has 1 heterocycles. The van der Waals surface area contributed by atoms with E-state index < -0.39 is 5.60 Å². The number of aliphatic hydroxyl groups is 1. The monoisotopic (exact) mass is 323 g/mol. The van der Waals surface area contributed by atoms with Gasteiger partial charge in [0.25, 0.3) is 0 Å². The Hall–Kier alpha value is -1.10. The fourth-order valence-electron chi connectivity index (χ4n) is 3.47. The average molecular weight is 324 g/mol. The molecular weight excluding hydrogens is 302 g/mol. The molecule has 120 valence electrons. The third kappa shape index (κ3) is 3.00. The largest absolute Gasteiger partial charge is 0.469 e. The van der Waals surface area contributed by atoms with Crippen LogP contribution in [0.25, 0.3) is 0 Å². The van der Waals surface area contributed by atoms with Crippen molar-refractivity contribution in [3.8, 4) is 0 Å². The maximum atomic E-state index is 11.5. The molecule has 1 aliphatic heterocycles. The number of hydrogen-bond donors (Lipinski definition) is 1. The molecule has 0 aromatic heterocycles. The summed E-state index contributed by atoms with van der Waals surface area (Å²) in [4.78, 5) is 13.9. The number of methoxy groups -OCH3 is 1. The minimum Gasteiger partial charge on any atom is -0.469 e. The van der Waals surface area contributed by atoms with Gasteiger partial charge in [0.2, 0.25) is 0 Å². The first-order valence-corrected chi connectivity index (χ1v) is 8.21. The Morgan fingerprint density at radius 1 is 1.41 bits per heavy atom. The normalized spacial score (nSPS) is 28.4. The number of likely N-dealkylation sites (tertiary alicyclic amines) is 1. The molecule has 0 bridgehead atoms. The lowest BCUT2D eigenvalue weighted by molar-refractivity contribution is -0.163. The van der Waals surface area contributed by atoms with Crippen LogP contribution in [-0.2, 0) is 21.7 Å². The first-order chi connectivity index (χ1) is 10.5. The molecule has 0 unspecified atom stereocenters. The number of carbonyl (C=O) groups is 1. The molecule has 3 rings (SSSR count). The van der Waals surface area contributed by atoms with Crippen molar-refractivity contribution in [1.29, 1.82) is 0 Å². The molecular formula is C17H22ClNO3. The molecule has 1 saturated carbocycles. The summed E-state index contributed by atoms with van der Waals surface area (Å²) in [5, 5.41) is 11.3. The van der Waals surface area contributed by atoms with Crippen molar-refractivity contribution in [3.63, 3.8) is 0 Å². The quantitative estimate of drug-likeness (QED) is 0.866. The zero-order chi connectivity index (χ0) is 15.7. The van der Waals surface area contributed by atoms with E-state index in [2.05, 4.69) is 4.90 Å². The van der Waals surface area contributed by atoms with Crippen LogP contribution in [0.3, 0.4) is 0 Å². The third-order valence-corrected chi connectivity index (χ3v) is 5.24. The predicted octanol–water partition coefficient (Wildman–Crippen LogP) is 2.71. The summed E-state index contributed by atoms with van der Waals surface area (Å²) in [6.45, 7) is 3.12. The number of nitrogens with zero attached hydrogens (tertiary/aromatic N) is 1. The molecule has 0 atom stereocenters. The smallest absolute Gasteiger partial charge is 0.308 e. The molecule has 22 heavy (non-hydrogen) atoms. The lowest BCUT2D eigenvalue weighted by Gasteiger charge is -2.42. The number of halogens is 1. The topological polar surface area (TPSA) is 49.8 Å². The van der Waals surface area contributed by atoms with E-state index in [0.717, 1.165) is 30.8 Å². The summed E-state index contributed by atoms with van der Waals surface area (Å²) < 4.78 is 4.72. The molecule has 1 saturated heterocycles. The highest BCUT2D eigenvalue weighted by Gasteiger charge is 2.48. The molecule has 2 fully saturated rings. The van der Waals surface area contributed by atoms with E-state index in [0.29, 0.717) is 17.9 Å². The molecule has 1 aliphatic carbocycles. The van der Waals surface area contributed by atoms with Gasteiger partial charge < -0.3 is 9.84 Å². The molecule has 4 nitrogen and oxygen atoms in total. The van der Waals surface area contributed by atoms with Crippen LogP contribution in [0.4, 0.5) is 0 Å². The Kier molecular flexibility index (Phi) is 4.44. The summed E-state index contributed by atoms with van der Waals surface area (Å²) in [7, 11) is 1.38. The van der Waals surface area contributed by atoms with Gasteiger partial charge >= 0.3 is 5.97 Å². The molecule has 5 heteroatoms. The average Bonchev–Trinajstić information content (AvgIpc) is 2.98. The minimum absolute atomic E-state index is 0.210. The molecule has 2 aliphatic rings. The maximum absolute atomic E-state index is 11.5. The summed E-state index contributed by atoms with van der Waals surface area (Å²) in [6.07, 6.45) is 3.32. The van der Waals surface area contributed by atoms with Gasteiger partial charge in [0.15, 0.2) is 0 Å². The molecule has 1 aromatic carbocycles. The van der Waals surface area contributed by atoms with Gasteiger partial charge in [0, 0.05) is 11.6 Å². The van der Waals surface area contributed by atoms with E-state index >= 15 is 0 Å². The fourth-order valence-corrected chi connectivity index (χ4v) is 3.71. The van der Waals surface area contributed by atoms with Crippen LogP contribution in [0.1, 0.15) is 36.8 Å². The van der Waals surface area contributed by atoms with E-state index in [-0.39, 0.29) is 11.9 Å². The van der Waals surface area contributed by atoms with E-state index in [4.69, 9.17) is 16.3 Å². The van der Waals surface area contributed by atoms with Gasteiger partial charge in [-0.25, -0.2) is 0 Å². The first kappa shape index (κ1) is 15.8. The van der Waals surface area contributed by atoms with Crippen LogP contribution in [0, 0.1) is 5.92 Å². The Bertz CT molecular complexity index is 563. The number of carbonyl (C=O) groups excluding carboxylic acids is 1. The number of rotatable bonds is 4. The van der Waals surface area contributed by atoms with E-state index in [9.17, 15) is 9.90 Å². The van der Waals surface area contributed by atoms with Gasteiger partial charge in [0.1, 0.15) is 0 Å². The molecule has 1 aromatic rings. The maximum Gasteiger partial charge on any atom is 0.308 e. The number of benzene rings is 1. The summed E-state index contributed by atoms with van der Waals surface area (Å²) in [5.74, 6) is -0.459. The predicted molar refractivity (Wildman–Crippen MR) is 84.6 cm³/mol. The zero-order valence-corrected chi connectivity index (χ0v) is 13.6. The standard InChI is InChI=1S/C17H22ClNO3/c1-22-16(20)13-9-17(21,10-13)14-5-4-12(15(18)8-14)11-19-6-2-3-7-19/h4-5,8,13,21H,2-3,6-7,9-11H2,1H3. The summed E-state index contributed by atoms with van der Waals surface area (Å²) in [5.41, 5.74) is 0.942. The fraction of sp³-hybridized carbons (Fsp3) is 0.588. The summed E-state index contributed by atoms with van der Waals surface area (Å²) >= 11 is 6.39. The Morgan fingerprint density at radius 2 is 2.09 bits per heavy atom. The summed E-state index contributed by atoms with van der Waals surface area (Å²) in [6, 6.07) is 5.78. The minimum atomic E-state index is -0.950. The van der Waals surface area contributed by atoms with Crippen LogP contribution >= 0.6 is 11.6 Å². The highest BCUT2D eigenvalue weighted by molar-refractivity contribution is 6.31. The second-order valence-electron chi connectivity index (χ2n) is 6.45. The van der Waals surface area contributed by atoms with Crippen molar-refractivity contribution >= 4 is 17.6 Å². The van der Waals surface area contributed by atoms with Crippen molar-refractivity contribution in [2.75, 3.05) is 20.2 Å². The van der Waals surface area contributed by atoms with Gasteiger partial charge in [-0.1, -0.05) is 23.7 Å². The molecule has 0 amide bonds. The lowest BCUT2D eigenvalue weighted by Crippen LogP contribution is -2.44. The van der Waals surface area contributed by atoms with Gasteiger partial charge in [-0.2, -0.15) is 0 Å². The highest BCUT2D eigenvalue weighted by Crippen LogP contribution is 2.46. The van der Waals surface area contributed by atoms with Crippen molar-refractivity contribution in [3.05, 3.63) is 34.3 Å². The van der Waals surface area contributed by atoms with Crippen molar-refractivity contribution in [2.45, 2.75) is 37.8 Å². The number of ether oxygens (including phenoxy) is 1. The Labute approximate surface area is 136 Å². The molecule has 0 radical (unpaired) electrons. The van der Waals surface area contributed by atoms with Crippen molar-refractivity contribution in [2.24, 2.45) is 5.92 Å². The zero-order valence-electron chi connectivity index (χ0n) is 12.8. The molecule has 1 N–H and O–H groups in total. The molecule has 0 spiro atoms. The third-order valence-electron chi connectivity index (χ3n) is 4.89. The van der Waals surface area contributed by atoms with Crippen molar-refractivity contribution < 1.29 is 14.6 Å². The number of esters is 1. The van der Waals surface area contributed by atoms with Crippen LogP contribution in [0.15, 0.2) is 18.2 Å². The van der Waals surface area contributed by atoms with Gasteiger partial charge in [-0.15, -0.1) is 0 Å². The Balaban J connectivity index is 1.68. The van der Waals surface area contributed by atoms with Crippen molar-refractivity contribution in [1.82, 2.24) is 4.90 Å². The van der Waals surface area contributed by atoms with Crippen LogP contribution in [0.5, 0.6) is 0 Å². The van der Waals surface area contributed by atoms with Gasteiger partial charge in [0.05, 0.1) is 18.6 Å². The number of hydrogen-bond acceptors (Lipinski definition) is 4. The van der Waals surface area contributed by atoms with Gasteiger partial charge in [-0.3, -0.25) is 9.69 Å². The van der Waals surface area contributed by atoms with E-state index in [1.807, 2.05) is 18.2 Å². The van der Waals surface area contributed by atoms with E-state index in [1.165, 1.54) is 20.0 Å². The van der Waals surface area contributed by atoms with Crippen LogP contribution < -0.4 is 0 Å². The Morgan fingerprint density at radius 3 is 2.68 bits per heavy atom. The SMILES string of the molecule is COC(=O)C1CC(O)(c2ccc(CN3CCCC3)c(Cl)c2)C1. The second-order valence-corrected chi connectivity index (χ2v) is 6.86. The second kappa shape index (κ2) is 6.19. The highest BCUT2D eigenvalue weighted by atomic mass is 35.5. The van der Waals surface area contributed by atoms with Crippen LogP contribution in [-0.4, -0.2) is 36.2 Å². The lowest BCUT2D eigenvalue weighted by atomic mass is 9.67. The van der Waals surface area contributed by atoms with E-state index in [1.54, 1.807) is 0 Å².